The van der Waals surface area contributed by atoms with Crippen molar-refractivity contribution in [1.82, 2.24) is 14.7 Å². The molecule has 3 heteroatoms. The minimum atomic E-state index is 0.667. The molecule has 1 heterocycles. The first-order chi connectivity index (χ1) is 8.90. The van der Waals surface area contributed by atoms with Crippen LogP contribution in [0.1, 0.15) is 41.0 Å². The Morgan fingerprint density at radius 1 is 1.16 bits per heavy atom. The Bertz CT molecular complexity index is 240. The van der Waals surface area contributed by atoms with Crippen LogP contribution in [0.15, 0.2) is 0 Å². The molecule has 0 bridgehead atoms. The molecule has 0 N–H and O–H groups in total. The van der Waals surface area contributed by atoms with E-state index in [4.69, 9.17) is 0 Å². The average molecular weight is 269 g/mol. The fourth-order valence-electron chi connectivity index (χ4n) is 2.87. The van der Waals surface area contributed by atoms with Gasteiger partial charge in [0.1, 0.15) is 0 Å². The molecule has 0 aromatic carbocycles. The quantitative estimate of drug-likeness (QED) is 0.702. The standard InChI is InChI=1S/C16H35N3/c1-14(2)12-18-10-11-19(16(5)13-18)9-7-8-17(6)15(3)4/h14-16H,7-13H2,1-6H3. The van der Waals surface area contributed by atoms with E-state index in [1.165, 1.54) is 45.7 Å². The fourth-order valence-corrected chi connectivity index (χ4v) is 2.87. The van der Waals surface area contributed by atoms with Crippen LogP contribution in [0.4, 0.5) is 0 Å². The maximum Gasteiger partial charge on any atom is 0.0195 e. The SMILES string of the molecule is CC(C)CN1CCN(CCCN(C)C(C)C)C(C)C1. The third-order valence-electron chi connectivity index (χ3n) is 4.31. The van der Waals surface area contributed by atoms with Crippen LogP contribution in [0, 0.1) is 5.92 Å². The Balaban J connectivity index is 2.22. The Labute approximate surface area is 120 Å². The van der Waals surface area contributed by atoms with E-state index in [-0.39, 0.29) is 0 Å². The number of rotatable bonds is 7. The number of hydrogen-bond donors (Lipinski definition) is 0. The van der Waals surface area contributed by atoms with Gasteiger partial charge in [0.05, 0.1) is 0 Å². The van der Waals surface area contributed by atoms with Gasteiger partial charge in [0.15, 0.2) is 0 Å². The Morgan fingerprint density at radius 3 is 2.37 bits per heavy atom. The summed E-state index contributed by atoms with van der Waals surface area (Å²) in [7, 11) is 2.23. The second-order valence-corrected chi connectivity index (χ2v) is 6.97. The molecule has 1 fully saturated rings. The lowest BCUT2D eigenvalue weighted by Gasteiger charge is -2.40. The van der Waals surface area contributed by atoms with Crippen molar-refractivity contribution in [1.29, 1.82) is 0 Å². The van der Waals surface area contributed by atoms with Crippen molar-refractivity contribution in [2.24, 2.45) is 5.92 Å². The number of piperazine rings is 1. The van der Waals surface area contributed by atoms with E-state index in [9.17, 15) is 0 Å². The zero-order valence-electron chi connectivity index (χ0n) is 14.0. The summed E-state index contributed by atoms with van der Waals surface area (Å²) in [5.41, 5.74) is 0. The van der Waals surface area contributed by atoms with Crippen LogP contribution in [0.25, 0.3) is 0 Å². The number of nitrogens with zero attached hydrogens (tertiary/aromatic N) is 3. The molecule has 1 unspecified atom stereocenters. The predicted octanol–water partition coefficient (Wildman–Crippen LogP) is 2.38. The molecule has 19 heavy (non-hydrogen) atoms. The maximum absolute atomic E-state index is 2.67. The van der Waals surface area contributed by atoms with Crippen molar-refractivity contribution in [3.05, 3.63) is 0 Å². The van der Waals surface area contributed by atoms with E-state index in [2.05, 4.69) is 56.4 Å². The molecule has 0 aromatic heterocycles. The zero-order valence-corrected chi connectivity index (χ0v) is 14.0. The summed E-state index contributed by atoms with van der Waals surface area (Å²) in [4.78, 5) is 7.75. The predicted molar refractivity (Wildman–Crippen MR) is 84.7 cm³/mol. The maximum atomic E-state index is 2.67. The van der Waals surface area contributed by atoms with Crippen molar-refractivity contribution in [3.8, 4) is 0 Å². The highest BCUT2D eigenvalue weighted by atomic mass is 15.3. The van der Waals surface area contributed by atoms with Gasteiger partial charge in [-0.15, -0.1) is 0 Å². The normalized spacial score (nSPS) is 22.9. The molecular weight excluding hydrogens is 234 g/mol. The average Bonchev–Trinajstić information content (AvgIpc) is 2.30. The molecule has 1 aliphatic rings. The highest BCUT2D eigenvalue weighted by Gasteiger charge is 2.23. The van der Waals surface area contributed by atoms with E-state index in [1.54, 1.807) is 0 Å². The van der Waals surface area contributed by atoms with Gasteiger partial charge in [0.2, 0.25) is 0 Å². The van der Waals surface area contributed by atoms with E-state index < -0.39 is 0 Å². The van der Waals surface area contributed by atoms with Crippen LogP contribution < -0.4 is 0 Å². The largest absolute Gasteiger partial charge is 0.304 e. The molecule has 114 valence electrons. The van der Waals surface area contributed by atoms with Gasteiger partial charge in [-0.2, -0.15) is 0 Å². The van der Waals surface area contributed by atoms with Crippen molar-refractivity contribution in [2.45, 2.75) is 53.1 Å². The molecule has 0 radical (unpaired) electrons. The Kier molecular flexibility index (Phi) is 7.33. The molecule has 1 atom stereocenters. The first-order valence-corrected chi connectivity index (χ1v) is 8.06. The molecule has 1 saturated heterocycles. The summed E-state index contributed by atoms with van der Waals surface area (Å²) >= 11 is 0. The van der Waals surface area contributed by atoms with E-state index in [0.29, 0.717) is 6.04 Å². The van der Waals surface area contributed by atoms with Crippen LogP contribution in [-0.4, -0.2) is 73.1 Å². The van der Waals surface area contributed by atoms with Crippen molar-refractivity contribution in [3.63, 3.8) is 0 Å². The molecule has 0 saturated carbocycles. The van der Waals surface area contributed by atoms with Gasteiger partial charge >= 0.3 is 0 Å². The fraction of sp³-hybridized carbons (Fsp3) is 1.00. The Morgan fingerprint density at radius 2 is 1.84 bits per heavy atom. The van der Waals surface area contributed by atoms with Gasteiger partial charge in [0.25, 0.3) is 0 Å². The van der Waals surface area contributed by atoms with Crippen molar-refractivity contribution in [2.75, 3.05) is 46.3 Å². The molecule has 0 aliphatic carbocycles. The van der Waals surface area contributed by atoms with E-state index in [0.717, 1.165) is 12.0 Å². The van der Waals surface area contributed by atoms with Gasteiger partial charge in [-0.3, -0.25) is 4.90 Å². The topological polar surface area (TPSA) is 9.72 Å². The molecule has 1 rings (SSSR count). The Hall–Kier alpha value is -0.120. The van der Waals surface area contributed by atoms with Crippen LogP contribution in [0.2, 0.25) is 0 Å². The molecule has 0 aromatic rings. The summed E-state index contributed by atoms with van der Waals surface area (Å²) in [6, 6.07) is 1.39. The van der Waals surface area contributed by atoms with Crippen LogP contribution in [0.3, 0.4) is 0 Å². The van der Waals surface area contributed by atoms with Gasteiger partial charge in [-0.05, 0) is 53.2 Å². The van der Waals surface area contributed by atoms with Crippen LogP contribution in [-0.2, 0) is 0 Å². The highest BCUT2D eigenvalue weighted by molar-refractivity contribution is 4.79. The number of hydrogen-bond acceptors (Lipinski definition) is 3. The summed E-state index contributed by atoms with van der Waals surface area (Å²) in [6.45, 7) is 19.1. The smallest absolute Gasteiger partial charge is 0.0195 e. The summed E-state index contributed by atoms with van der Waals surface area (Å²) in [5.74, 6) is 0.790. The van der Waals surface area contributed by atoms with Gasteiger partial charge in [-0.25, -0.2) is 0 Å². The molecule has 0 amide bonds. The minimum Gasteiger partial charge on any atom is -0.304 e. The molecule has 1 aliphatic heterocycles. The molecular formula is C16H35N3. The van der Waals surface area contributed by atoms with Crippen LogP contribution in [0.5, 0.6) is 0 Å². The summed E-state index contributed by atoms with van der Waals surface area (Å²) in [5, 5.41) is 0. The van der Waals surface area contributed by atoms with Crippen molar-refractivity contribution >= 4 is 0 Å². The lowest BCUT2D eigenvalue weighted by Crippen LogP contribution is -2.52. The first-order valence-electron chi connectivity index (χ1n) is 8.06. The van der Waals surface area contributed by atoms with Crippen molar-refractivity contribution < 1.29 is 0 Å². The second kappa shape index (κ2) is 8.23. The second-order valence-electron chi connectivity index (χ2n) is 6.97. The summed E-state index contributed by atoms with van der Waals surface area (Å²) in [6.07, 6.45) is 1.29. The molecule has 0 spiro atoms. The molecule has 3 nitrogen and oxygen atoms in total. The zero-order chi connectivity index (χ0) is 14.4. The van der Waals surface area contributed by atoms with E-state index >= 15 is 0 Å². The van der Waals surface area contributed by atoms with Gasteiger partial charge < -0.3 is 9.80 Å². The summed E-state index contributed by atoms with van der Waals surface area (Å²) < 4.78 is 0. The lowest BCUT2D eigenvalue weighted by atomic mass is 10.1. The van der Waals surface area contributed by atoms with E-state index in [1.807, 2.05) is 0 Å². The monoisotopic (exact) mass is 269 g/mol. The first kappa shape index (κ1) is 16.9. The van der Waals surface area contributed by atoms with Crippen LogP contribution >= 0.6 is 0 Å². The van der Waals surface area contributed by atoms with Gasteiger partial charge in [-0.1, -0.05) is 13.8 Å². The third-order valence-corrected chi connectivity index (χ3v) is 4.31. The lowest BCUT2D eigenvalue weighted by molar-refractivity contribution is 0.0727. The minimum absolute atomic E-state index is 0.667. The third kappa shape index (κ3) is 6.24. The highest BCUT2D eigenvalue weighted by Crippen LogP contribution is 2.12. The van der Waals surface area contributed by atoms with Gasteiger partial charge in [0, 0.05) is 38.3 Å².